The van der Waals surface area contributed by atoms with E-state index in [0.29, 0.717) is 18.9 Å². The number of fused-ring (bicyclic) bond motifs is 1. The van der Waals surface area contributed by atoms with Crippen LogP contribution >= 0.6 is 0 Å². The second kappa shape index (κ2) is 8.16. The van der Waals surface area contributed by atoms with Crippen molar-refractivity contribution >= 4 is 17.7 Å². The van der Waals surface area contributed by atoms with Crippen molar-refractivity contribution in [1.29, 1.82) is 0 Å². The van der Waals surface area contributed by atoms with E-state index in [1.54, 1.807) is 7.05 Å². The Morgan fingerprint density at radius 2 is 1.39 bits per heavy atom. The van der Waals surface area contributed by atoms with Crippen molar-refractivity contribution in [1.82, 2.24) is 10.2 Å². The summed E-state index contributed by atoms with van der Waals surface area (Å²) in [4.78, 5) is 38.5. The first-order valence-corrected chi connectivity index (χ1v) is 11.6. The summed E-state index contributed by atoms with van der Waals surface area (Å²) in [6.45, 7) is 2.38. The van der Waals surface area contributed by atoms with Crippen molar-refractivity contribution in [3.8, 4) is 0 Å². The largest absolute Gasteiger partial charge is 0.353 e. The molecule has 28 heavy (non-hydrogen) atoms. The zero-order valence-corrected chi connectivity index (χ0v) is 17.5. The summed E-state index contributed by atoms with van der Waals surface area (Å²) in [5.41, 5.74) is 0. The van der Waals surface area contributed by atoms with Crippen LogP contribution < -0.4 is 5.32 Å². The van der Waals surface area contributed by atoms with Gasteiger partial charge in [-0.2, -0.15) is 0 Å². The molecule has 5 heteroatoms. The third-order valence-electron chi connectivity index (χ3n) is 8.36. The molecule has 0 spiro atoms. The molecule has 1 N–H and O–H groups in total. The summed E-state index contributed by atoms with van der Waals surface area (Å²) < 4.78 is 0. The van der Waals surface area contributed by atoms with E-state index in [9.17, 15) is 14.4 Å². The van der Waals surface area contributed by atoms with Crippen LogP contribution in [0.15, 0.2) is 0 Å². The molecule has 1 aliphatic heterocycles. The topological polar surface area (TPSA) is 66.5 Å². The normalized spacial score (nSPS) is 41.6. The lowest BCUT2D eigenvalue weighted by Gasteiger charge is -2.38. The van der Waals surface area contributed by atoms with Gasteiger partial charge in [0.1, 0.15) is 0 Å². The summed E-state index contributed by atoms with van der Waals surface area (Å²) in [7, 11) is 1.57. The molecule has 3 aliphatic carbocycles. The number of rotatable bonds is 3. The van der Waals surface area contributed by atoms with Gasteiger partial charge in [0.15, 0.2) is 0 Å². The molecule has 4 rings (SSSR count). The fourth-order valence-electron chi connectivity index (χ4n) is 6.39. The zero-order valence-electron chi connectivity index (χ0n) is 17.5. The minimum atomic E-state index is -0.272. The van der Waals surface area contributed by atoms with Crippen LogP contribution in [0.1, 0.15) is 77.6 Å². The quantitative estimate of drug-likeness (QED) is 0.752. The Balaban J connectivity index is 1.24. The number of nitrogens with zero attached hydrogens (tertiary/aromatic N) is 1. The number of hydrogen-bond acceptors (Lipinski definition) is 3. The number of amides is 3. The molecule has 4 aliphatic rings. The minimum Gasteiger partial charge on any atom is -0.353 e. The maximum absolute atomic E-state index is 12.8. The van der Waals surface area contributed by atoms with Gasteiger partial charge < -0.3 is 5.32 Å². The van der Waals surface area contributed by atoms with Crippen LogP contribution in [0.4, 0.5) is 0 Å². The number of likely N-dealkylation sites (tertiary alicyclic amines) is 1. The molecule has 0 aromatic carbocycles. The van der Waals surface area contributed by atoms with Crippen molar-refractivity contribution in [2.24, 2.45) is 35.5 Å². The molecule has 3 saturated carbocycles. The van der Waals surface area contributed by atoms with E-state index in [2.05, 4.69) is 12.2 Å². The van der Waals surface area contributed by atoms with Gasteiger partial charge in [-0.3, -0.25) is 19.3 Å². The molecule has 4 fully saturated rings. The summed E-state index contributed by atoms with van der Waals surface area (Å²) in [5, 5.41) is 3.29. The molecular weight excluding hydrogens is 352 g/mol. The van der Waals surface area contributed by atoms with Crippen LogP contribution in [0.3, 0.4) is 0 Å². The summed E-state index contributed by atoms with van der Waals surface area (Å²) in [6, 6.07) is 0.299. The molecule has 0 radical (unpaired) electrons. The number of carbonyl (C=O) groups is 3. The standard InChI is InChI=1S/C23H36N2O3/c1-14-3-5-15(6-4-14)16-7-10-18(11-8-16)24-21(26)17-9-12-19-20(13-17)23(28)25(2)22(19)27/h14-20H,3-13H2,1-2H3,(H,24,26). The van der Waals surface area contributed by atoms with Crippen LogP contribution in [0.25, 0.3) is 0 Å². The van der Waals surface area contributed by atoms with Gasteiger partial charge in [-0.25, -0.2) is 0 Å². The first-order valence-electron chi connectivity index (χ1n) is 11.6. The molecular formula is C23H36N2O3. The Morgan fingerprint density at radius 3 is 2.04 bits per heavy atom. The van der Waals surface area contributed by atoms with Gasteiger partial charge in [-0.05, 0) is 75.5 Å². The lowest BCUT2D eigenvalue weighted by Crippen LogP contribution is -2.44. The number of nitrogens with one attached hydrogen (secondary N) is 1. The van der Waals surface area contributed by atoms with Gasteiger partial charge in [0.2, 0.25) is 17.7 Å². The maximum atomic E-state index is 12.8. The third-order valence-corrected chi connectivity index (χ3v) is 8.36. The lowest BCUT2D eigenvalue weighted by atomic mass is 9.70. The first-order chi connectivity index (χ1) is 13.4. The van der Waals surface area contributed by atoms with E-state index >= 15 is 0 Å². The van der Waals surface area contributed by atoms with Gasteiger partial charge >= 0.3 is 0 Å². The van der Waals surface area contributed by atoms with E-state index in [1.807, 2.05) is 0 Å². The smallest absolute Gasteiger partial charge is 0.232 e. The molecule has 5 nitrogen and oxygen atoms in total. The molecule has 1 heterocycles. The molecule has 0 aromatic rings. The molecule has 3 atom stereocenters. The van der Waals surface area contributed by atoms with E-state index in [0.717, 1.165) is 37.0 Å². The van der Waals surface area contributed by atoms with Crippen molar-refractivity contribution in [3.05, 3.63) is 0 Å². The average Bonchev–Trinajstić information content (AvgIpc) is 2.93. The van der Waals surface area contributed by atoms with E-state index in [1.165, 1.54) is 43.4 Å². The van der Waals surface area contributed by atoms with Gasteiger partial charge in [0.25, 0.3) is 0 Å². The fraction of sp³-hybridized carbons (Fsp3) is 0.870. The molecule has 3 amide bonds. The zero-order chi connectivity index (χ0) is 19.8. The van der Waals surface area contributed by atoms with Gasteiger partial charge in [0.05, 0.1) is 11.8 Å². The van der Waals surface area contributed by atoms with Crippen LogP contribution in [-0.2, 0) is 14.4 Å². The third kappa shape index (κ3) is 3.86. The van der Waals surface area contributed by atoms with Crippen molar-refractivity contribution in [2.45, 2.75) is 83.6 Å². The number of imide groups is 1. The highest BCUT2D eigenvalue weighted by Crippen LogP contribution is 2.42. The average molecular weight is 389 g/mol. The fourth-order valence-corrected chi connectivity index (χ4v) is 6.39. The highest BCUT2D eigenvalue weighted by molar-refractivity contribution is 6.05. The van der Waals surface area contributed by atoms with Crippen LogP contribution in [-0.4, -0.2) is 35.7 Å². The summed E-state index contributed by atoms with van der Waals surface area (Å²) in [6.07, 6.45) is 12.2. The Hall–Kier alpha value is -1.39. The molecule has 156 valence electrons. The van der Waals surface area contributed by atoms with Crippen molar-refractivity contribution in [2.75, 3.05) is 7.05 Å². The first kappa shape index (κ1) is 19.9. The molecule has 0 bridgehead atoms. The molecule has 3 unspecified atom stereocenters. The van der Waals surface area contributed by atoms with E-state index in [4.69, 9.17) is 0 Å². The second-order valence-electron chi connectivity index (χ2n) is 10.1. The highest BCUT2D eigenvalue weighted by atomic mass is 16.2. The van der Waals surface area contributed by atoms with E-state index in [-0.39, 0.29) is 35.5 Å². The Labute approximate surface area is 169 Å². The van der Waals surface area contributed by atoms with Crippen LogP contribution in [0.2, 0.25) is 0 Å². The van der Waals surface area contributed by atoms with Gasteiger partial charge in [-0.1, -0.05) is 19.8 Å². The maximum Gasteiger partial charge on any atom is 0.232 e. The van der Waals surface area contributed by atoms with Gasteiger partial charge in [-0.15, -0.1) is 0 Å². The predicted octanol–water partition coefficient (Wildman–Crippen LogP) is 3.52. The van der Waals surface area contributed by atoms with Crippen molar-refractivity contribution in [3.63, 3.8) is 0 Å². The summed E-state index contributed by atoms with van der Waals surface area (Å²) in [5.74, 6) is 2.08. The number of carbonyl (C=O) groups excluding carboxylic acids is 3. The Morgan fingerprint density at radius 1 is 0.821 bits per heavy atom. The van der Waals surface area contributed by atoms with Gasteiger partial charge in [0, 0.05) is 19.0 Å². The second-order valence-corrected chi connectivity index (χ2v) is 10.1. The van der Waals surface area contributed by atoms with Crippen molar-refractivity contribution < 1.29 is 14.4 Å². The van der Waals surface area contributed by atoms with E-state index < -0.39 is 0 Å². The number of hydrogen-bond donors (Lipinski definition) is 1. The minimum absolute atomic E-state index is 0.0516. The lowest BCUT2D eigenvalue weighted by molar-refractivity contribution is -0.138. The summed E-state index contributed by atoms with van der Waals surface area (Å²) >= 11 is 0. The SMILES string of the molecule is CC1CCC(C2CCC(NC(=O)C3CCC4C(=O)N(C)C(=O)C4C3)CC2)CC1. The molecule has 0 aromatic heterocycles. The monoisotopic (exact) mass is 388 g/mol. The van der Waals surface area contributed by atoms with Crippen LogP contribution in [0, 0.1) is 35.5 Å². The predicted molar refractivity (Wildman–Crippen MR) is 107 cm³/mol. The highest BCUT2D eigenvalue weighted by Gasteiger charge is 2.49. The van der Waals surface area contributed by atoms with Crippen LogP contribution in [0.5, 0.6) is 0 Å². The Kier molecular flexibility index (Phi) is 5.80. The Bertz CT molecular complexity index is 617. The molecule has 1 saturated heterocycles.